The molecule has 0 bridgehead atoms. The third kappa shape index (κ3) is 6.35. The fourth-order valence-electron chi connectivity index (χ4n) is 1.68. The summed E-state index contributed by atoms with van der Waals surface area (Å²) in [5, 5.41) is 3.27. The van der Waals surface area contributed by atoms with Crippen LogP contribution in [0.1, 0.15) is 26.2 Å². The number of rotatable bonds is 5. The van der Waals surface area contributed by atoms with Crippen molar-refractivity contribution in [2.45, 2.75) is 26.2 Å². The van der Waals surface area contributed by atoms with Gasteiger partial charge in [0.2, 0.25) is 10.0 Å². The molecule has 1 unspecified atom stereocenters. The second-order valence-corrected chi connectivity index (χ2v) is 5.81. The number of nitrogens with one attached hydrogen (secondary N) is 2. The van der Waals surface area contributed by atoms with E-state index in [4.69, 9.17) is 0 Å². The first-order valence-corrected chi connectivity index (χ1v) is 6.97. The molecule has 6 heteroatoms. The molecule has 4 nitrogen and oxygen atoms in total. The van der Waals surface area contributed by atoms with Gasteiger partial charge in [-0.15, -0.1) is 12.4 Å². The molecule has 0 aromatic rings. The third-order valence-electron chi connectivity index (χ3n) is 2.46. The van der Waals surface area contributed by atoms with Crippen molar-refractivity contribution in [3.63, 3.8) is 0 Å². The van der Waals surface area contributed by atoms with E-state index in [0.717, 1.165) is 25.9 Å². The van der Waals surface area contributed by atoms with Crippen LogP contribution in [0.4, 0.5) is 0 Å². The van der Waals surface area contributed by atoms with E-state index in [2.05, 4.69) is 10.0 Å². The first-order chi connectivity index (χ1) is 6.64. The van der Waals surface area contributed by atoms with Gasteiger partial charge in [0.1, 0.15) is 0 Å². The van der Waals surface area contributed by atoms with Gasteiger partial charge in [-0.3, -0.25) is 0 Å². The predicted octanol–water partition coefficient (Wildman–Crippen LogP) is 0.737. The Kier molecular flexibility index (Phi) is 7.52. The molecule has 0 amide bonds. The lowest BCUT2D eigenvalue weighted by Crippen LogP contribution is -2.38. The monoisotopic (exact) mass is 256 g/mol. The smallest absolute Gasteiger partial charge is 0.211 e. The lowest BCUT2D eigenvalue weighted by atomic mass is 10.0. The summed E-state index contributed by atoms with van der Waals surface area (Å²) in [6, 6.07) is 0. The molecular formula is C9H21ClN2O2S. The Bertz CT molecular complexity index is 251. The molecule has 0 aromatic carbocycles. The van der Waals surface area contributed by atoms with Gasteiger partial charge in [0, 0.05) is 6.54 Å². The molecule has 1 saturated heterocycles. The predicted molar refractivity (Wildman–Crippen MR) is 64.9 cm³/mol. The molecule has 0 radical (unpaired) electrons. The highest BCUT2D eigenvalue weighted by Gasteiger charge is 2.15. The topological polar surface area (TPSA) is 58.2 Å². The maximum absolute atomic E-state index is 11.3. The molecule has 0 saturated carbocycles. The molecule has 1 atom stereocenters. The van der Waals surface area contributed by atoms with Crippen molar-refractivity contribution in [1.82, 2.24) is 10.0 Å². The van der Waals surface area contributed by atoms with Crippen molar-refractivity contribution in [3.8, 4) is 0 Å². The molecule has 1 aliphatic rings. The SMILES string of the molecule is CCCS(=O)(=O)NCC1CCCNC1.Cl. The summed E-state index contributed by atoms with van der Waals surface area (Å²) in [4.78, 5) is 0. The van der Waals surface area contributed by atoms with Crippen LogP contribution < -0.4 is 10.0 Å². The van der Waals surface area contributed by atoms with Gasteiger partial charge in [-0.05, 0) is 38.3 Å². The molecule has 1 fully saturated rings. The highest BCUT2D eigenvalue weighted by molar-refractivity contribution is 7.89. The summed E-state index contributed by atoms with van der Waals surface area (Å²) in [6.07, 6.45) is 2.96. The lowest BCUT2D eigenvalue weighted by Gasteiger charge is -2.22. The van der Waals surface area contributed by atoms with Gasteiger partial charge in [0.25, 0.3) is 0 Å². The van der Waals surface area contributed by atoms with Crippen LogP contribution in [-0.2, 0) is 10.0 Å². The Morgan fingerprint density at radius 2 is 2.20 bits per heavy atom. The average molecular weight is 257 g/mol. The maximum Gasteiger partial charge on any atom is 0.211 e. The van der Waals surface area contributed by atoms with Crippen molar-refractivity contribution in [2.24, 2.45) is 5.92 Å². The van der Waals surface area contributed by atoms with Crippen molar-refractivity contribution >= 4 is 22.4 Å². The summed E-state index contributed by atoms with van der Waals surface area (Å²) < 4.78 is 25.3. The van der Waals surface area contributed by atoms with Crippen LogP contribution in [0.5, 0.6) is 0 Å². The van der Waals surface area contributed by atoms with Crippen LogP contribution >= 0.6 is 12.4 Å². The van der Waals surface area contributed by atoms with Gasteiger partial charge < -0.3 is 5.32 Å². The quantitative estimate of drug-likeness (QED) is 0.763. The van der Waals surface area contributed by atoms with Gasteiger partial charge >= 0.3 is 0 Å². The van der Waals surface area contributed by atoms with E-state index in [1.54, 1.807) is 0 Å². The van der Waals surface area contributed by atoms with Crippen LogP contribution in [0.2, 0.25) is 0 Å². The minimum Gasteiger partial charge on any atom is -0.316 e. The zero-order chi connectivity index (χ0) is 10.4. The number of piperidine rings is 1. The van der Waals surface area contributed by atoms with Gasteiger partial charge in [0.05, 0.1) is 5.75 Å². The average Bonchev–Trinajstić information content (AvgIpc) is 2.17. The van der Waals surface area contributed by atoms with E-state index in [1.165, 1.54) is 0 Å². The van der Waals surface area contributed by atoms with Crippen LogP contribution in [0.15, 0.2) is 0 Å². The summed E-state index contributed by atoms with van der Waals surface area (Å²) >= 11 is 0. The molecule has 92 valence electrons. The molecule has 15 heavy (non-hydrogen) atoms. The molecule has 0 aliphatic carbocycles. The number of hydrogen-bond acceptors (Lipinski definition) is 3. The Labute approximate surface area is 98.7 Å². The van der Waals surface area contributed by atoms with Gasteiger partial charge in [-0.25, -0.2) is 13.1 Å². The fraction of sp³-hybridized carbons (Fsp3) is 1.00. The zero-order valence-corrected chi connectivity index (χ0v) is 10.8. The molecule has 2 N–H and O–H groups in total. The minimum atomic E-state index is -3.01. The first-order valence-electron chi connectivity index (χ1n) is 5.32. The second-order valence-electron chi connectivity index (χ2n) is 3.88. The Morgan fingerprint density at radius 3 is 2.73 bits per heavy atom. The highest BCUT2D eigenvalue weighted by Crippen LogP contribution is 2.08. The molecule has 1 aliphatic heterocycles. The van der Waals surface area contributed by atoms with Crippen molar-refractivity contribution in [2.75, 3.05) is 25.4 Å². The van der Waals surface area contributed by atoms with E-state index >= 15 is 0 Å². The van der Waals surface area contributed by atoms with Gasteiger partial charge in [-0.1, -0.05) is 6.92 Å². The first kappa shape index (κ1) is 15.2. The molecular weight excluding hydrogens is 236 g/mol. The molecule has 1 heterocycles. The van der Waals surface area contributed by atoms with Crippen molar-refractivity contribution in [1.29, 1.82) is 0 Å². The zero-order valence-electron chi connectivity index (χ0n) is 9.16. The Morgan fingerprint density at radius 1 is 1.47 bits per heavy atom. The van der Waals surface area contributed by atoms with Gasteiger partial charge in [0.15, 0.2) is 0 Å². The summed E-state index contributed by atoms with van der Waals surface area (Å²) in [7, 11) is -3.01. The van der Waals surface area contributed by atoms with E-state index in [9.17, 15) is 8.42 Å². The summed E-state index contributed by atoms with van der Waals surface area (Å²) in [6.45, 7) is 4.48. The summed E-state index contributed by atoms with van der Waals surface area (Å²) in [5.41, 5.74) is 0. The van der Waals surface area contributed by atoms with Crippen LogP contribution in [0, 0.1) is 5.92 Å². The van der Waals surface area contributed by atoms with Gasteiger partial charge in [-0.2, -0.15) is 0 Å². The lowest BCUT2D eigenvalue weighted by molar-refractivity contribution is 0.376. The molecule has 0 aromatic heterocycles. The summed E-state index contributed by atoms with van der Waals surface area (Å²) in [5.74, 6) is 0.711. The normalized spacial score (nSPS) is 22.1. The van der Waals surface area contributed by atoms with E-state index in [-0.39, 0.29) is 18.2 Å². The maximum atomic E-state index is 11.3. The van der Waals surface area contributed by atoms with Crippen LogP contribution in [0.25, 0.3) is 0 Å². The van der Waals surface area contributed by atoms with E-state index in [0.29, 0.717) is 18.9 Å². The number of hydrogen-bond donors (Lipinski definition) is 2. The second kappa shape index (κ2) is 7.44. The number of sulfonamides is 1. The van der Waals surface area contributed by atoms with Crippen LogP contribution in [0.3, 0.4) is 0 Å². The standard InChI is InChI=1S/C9H20N2O2S.ClH/c1-2-6-14(12,13)11-8-9-4-3-5-10-7-9;/h9-11H,2-8H2,1H3;1H. The fourth-order valence-corrected chi connectivity index (χ4v) is 2.86. The third-order valence-corrected chi connectivity index (χ3v) is 4.02. The number of halogens is 1. The van der Waals surface area contributed by atoms with Crippen molar-refractivity contribution in [3.05, 3.63) is 0 Å². The molecule has 1 rings (SSSR count). The Hall–Kier alpha value is 0.160. The molecule has 0 spiro atoms. The van der Waals surface area contributed by atoms with Crippen molar-refractivity contribution < 1.29 is 8.42 Å². The Balaban J connectivity index is 0.00000196. The van der Waals surface area contributed by atoms with E-state index in [1.807, 2.05) is 6.92 Å². The highest BCUT2D eigenvalue weighted by atomic mass is 35.5. The van der Waals surface area contributed by atoms with Crippen LogP contribution in [-0.4, -0.2) is 33.8 Å². The largest absolute Gasteiger partial charge is 0.316 e. The minimum absolute atomic E-state index is 0. The van der Waals surface area contributed by atoms with E-state index < -0.39 is 10.0 Å².